The quantitative estimate of drug-likeness (QED) is 0.461. The number of hydrogen-bond acceptors (Lipinski definition) is 0. The fourth-order valence-electron chi connectivity index (χ4n) is 0.235. The molecule has 0 bridgehead atoms. The van der Waals surface area contributed by atoms with Gasteiger partial charge in [-0.1, -0.05) is 24.3 Å². The first-order chi connectivity index (χ1) is 3.18. The third-order valence-corrected chi connectivity index (χ3v) is 1.47. The Morgan fingerprint density at radius 3 is 2.14 bits per heavy atom. The fourth-order valence-corrected chi connectivity index (χ4v) is 0.371. The SMILES string of the molecule is CC=C(C)C(C)[S]. The van der Waals surface area contributed by atoms with E-state index >= 15 is 0 Å². The lowest BCUT2D eigenvalue weighted by Gasteiger charge is -1.98. The molecule has 1 atom stereocenters. The monoisotopic (exact) mass is 115 g/mol. The van der Waals surface area contributed by atoms with E-state index in [9.17, 15) is 0 Å². The van der Waals surface area contributed by atoms with Crippen LogP contribution in [0.4, 0.5) is 0 Å². The summed E-state index contributed by atoms with van der Waals surface area (Å²) in [6.07, 6.45) is 2.05. The lowest BCUT2D eigenvalue weighted by Crippen LogP contribution is -1.89. The molecule has 0 N–H and O–H groups in total. The molecule has 0 fully saturated rings. The van der Waals surface area contributed by atoms with E-state index in [2.05, 4.69) is 13.0 Å². The Bertz CT molecular complexity index is 72.2. The first kappa shape index (κ1) is 7.09. The summed E-state index contributed by atoms with van der Waals surface area (Å²) in [7, 11) is 0. The van der Waals surface area contributed by atoms with Gasteiger partial charge in [0.25, 0.3) is 0 Å². The lowest BCUT2D eigenvalue weighted by atomic mass is 10.2. The Labute approximate surface area is 51.0 Å². The fraction of sp³-hybridized carbons (Fsp3) is 0.667. The van der Waals surface area contributed by atoms with Crippen molar-refractivity contribution in [2.75, 3.05) is 0 Å². The number of rotatable bonds is 1. The van der Waals surface area contributed by atoms with Gasteiger partial charge in [0.2, 0.25) is 0 Å². The Kier molecular flexibility index (Phi) is 3.18. The first-order valence-corrected chi connectivity index (χ1v) is 2.94. The van der Waals surface area contributed by atoms with Crippen molar-refractivity contribution in [3.05, 3.63) is 11.6 Å². The van der Waals surface area contributed by atoms with Gasteiger partial charge in [-0.25, -0.2) is 0 Å². The third kappa shape index (κ3) is 2.75. The van der Waals surface area contributed by atoms with Crippen molar-refractivity contribution >= 4 is 12.6 Å². The lowest BCUT2D eigenvalue weighted by molar-refractivity contribution is 1.12. The second-order valence-corrected chi connectivity index (χ2v) is 2.38. The molecule has 0 aromatic heterocycles. The van der Waals surface area contributed by atoms with E-state index in [0.717, 1.165) is 0 Å². The van der Waals surface area contributed by atoms with Crippen LogP contribution in [0.2, 0.25) is 0 Å². The highest BCUT2D eigenvalue weighted by Gasteiger charge is 1.92. The molecule has 0 aromatic carbocycles. The van der Waals surface area contributed by atoms with Gasteiger partial charge in [0.1, 0.15) is 0 Å². The van der Waals surface area contributed by atoms with Crippen molar-refractivity contribution in [3.8, 4) is 0 Å². The smallest absolute Gasteiger partial charge is 0.0329 e. The van der Waals surface area contributed by atoms with Crippen LogP contribution in [0, 0.1) is 0 Å². The topological polar surface area (TPSA) is 0 Å². The molecule has 0 rings (SSSR count). The number of hydrogen-bond donors (Lipinski definition) is 0. The summed E-state index contributed by atoms with van der Waals surface area (Å²) >= 11 is 4.93. The van der Waals surface area contributed by atoms with Gasteiger partial charge in [0, 0.05) is 5.25 Å². The molecule has 0 saturated carbocycles. The Hall–Kier alpha value is 0.0900. The molecule has 0 saturated heterocycles. The van der Waals surface area contributed by atoms with E-state index in [0.29, 0.717) is 5.25 Å². The molecule has 1 radical (unpaired) electrons. The standard InChI is InChI=1S/C6H11S/c1-4-5(2)6(3)7/h4,6H,1-3H3. The summed E-state index contributed by atoms with van der Waals surface area (Å²) in [6, 6.07) is 0. The summed E-state index contributed by atoms with van der Waals surface area (Å²) in [4.78, 5) is 0. The maximum atomic E-state index is 4.93. The molecule has 0 amide bonds. The van der Waals surface area contributed by atoms with Gasteiger partial charge in [-0.15, -0.1) is 0 Å². The van der Waals surface area contributed by atoms with Crippen LogP contribution in [0.15, 0.2) is 11.6 Å². The van der Waals surface area contributed by atoms with Crippen LogP contribution in [0.3, 0.4) is 0 Å². The van der Waals surface area contributed by atoms with Crippen LogP contribution in [-0.2, 0) is 0 Å². The van der Waals surface area contributed by atoms with Gasteiger partial charge in [-0.3, -0.25) is 0 Å². The first-order valence-electron chi connectivity index (χ1n) is 2.47. The minimum Gasteiger partial charge on any atom is -0.0876 e. The van der Waals surface area contributed by atoms with Crippen molar-refractivity contribution in [2.45, 2.75) is 26.0 Å². The highest BCUT2D eigenvalue weighted by atomic mass is 32.1. The zero-order valence-corrected chi connectivity index (χ0v) is 5.88. The maximum Gasteiger partial charge on any atom is 0.0329 e. The Balaban J connectivity index is 3.56. The third-order valence-electron chi connectivity index (χ3n) is 1.10. The molecule has 0 aliphatic heterocycles. The van der Waals surface area contributed by atoms with Crippen LogP contribution in [0.25, 0.3) is 0 Å². The molecular formula is C6H11S. The molecule has 0 nitrogen and oxygen atoms in total. The molecule has 41 valence electrons. The maximum absolute atomic E-state index is 4.93. The van der Waals surface area contributed by atoms with Crippen molar-refractivity contribution in [2.24, 2.45) is 0 Å². The molecule has 1 unspecified atom stereocenters. The van der Waals surface area contributed by atoms with E-state index < -0.39 is 0 Å². The average molecular weight is 115 g/mol. The summed E-state index contributed by atoms with van der Waals surface area (Å²) in [5, 5.41) is 0.310. The van der Waals surface area contributed by atoms with E-state index in [-0.39, 0.29) is 0 Å². The summed E-state index contributed by atoms with van der Waals surface area (Å²) in [5.41, 5.74) is 1.29. The van der Waals surface area contributed by atoms with Crippen LogP contribution >= 0.6 is 12.6 Å². The molecule has 1 heteroatoms. The van der Waals surface area contributed by atoms with E-state index in [1.807, 2.05) is 13.8 Å². The largest absolute Gasteiger partial charge is 0.0876 e. The zero-order valence-electron chi connectivity index (χ0n) is 5.06. The van der Waals surface area contributed by atoms with E-state index in [4.69, 9.17) is 12.6 Å². The van der Waals surface area contributed by atoms with Gasteiger partial charge in [-0.2, -0.15) is 0 Å². The van der Waals surface area contributed by atoms with Gasteiger partial charge in [0.05, 0.1) is 0 Å². The minimum absolute atomic E-state index is 0.310. The van der Waals surface area contributed by atoms with Crippen LogP contribution < -0.4 is 0 Å². The molecule has 0 aliphatic carbocycles. The van der Waals surface area contributed by atoms with Gasteiger partial charge >= 0.3 is 0 Å². The predicted molar refractivity (Wildman–Crippen MR) is 36.5 cm³/mol. The summed E-state index contributed by atoms with van der Waals surface area (Å²) in [6.45, 7) is 6.08. The molecular weight excluding hydrogens is 104 g/mol. The van der Waals surface area contributed by atoms with Crippen LogP contribution in [0.1, 0.15) is 20.8 Å². The average Bonchev–Trinajstić information content (AvgIpc) is 1.65. The van der Waals surface area contributed by atoms with E-state index in [1.165, 1.54) is 5.57 Å². The highest BCUT2D eigenvalue weighted by Crippen LogP contribution is 2.05. The normalized spacial score (nSPS) is 16.9. The van der Waals surface area contributed by atoms with E-state index in [1.54, 1.807) is 0 Å². The van der Waals surface area contributed by atoms with Crippen LogP contribution in [0.5, 0.6) is 0 Å². The van der Waals surface area contributed by atoms with Gasteiger partial charge in [0.15, 0.2) is 0 Å². The molecule has 0 spiro atoms. The molecule has 7 heavy (non-hydrogen) atoms. The van der Waals surface area contributed by atoms with Crippen molar-refractivity contribution in [1.82, 2.24) is 0 Å². The molecule has 0 heterocycles. The summed E-state index contributed by atoms with van der Waals surface area (Å²) < 4.78 is 0. The zero-order chi connectivity index (χ0) is 5.86. The Morgan fingerprint density at radius 2 is 2.14 bits per heavy atom. The highest BCUT2D eigenvalue weighted by molar-refractivity contribution is 7.81. The second-order valence-electron chi connectivity index (χ2n) is 1.67. The minimum atomic E-state index is 0.310. The second kappa shape index (κ2) is 3.14. The van der Waals surface area contributed by atoms with Crippen LogP contribution in [-0.4, -0.2) is 5.25 Å². The van der Waals surface area contributed by atoms with Crippen molar-refractivity contribution in [1.29, 1.82) is 0 Å². The molecule has 0 aliphatic rings. The van der Waals surface area contributed by atoms with Crippen molar-refractivity contribution in [3.63, 3.8) is 0 Å². The summed E-state index contributed by atoms with van der Waals surface area (Å²) in [5.74, 6) is 0. The van der Waals surface area contributed by atoms with Gasteiger partial charge in [-0.05, 0) is 20.8 Å². The Morgan fingerprint density at radius 1 is 1.71 bits per heavy atom. The molecule has 0 aromatic rings. The van der Waals surface area contributed by atoms with Crippen molar-refractivity contribution < 1.29 is 0 Å². The predicted octanol–water partition coefficient (Wildman–Crippen LogP) is 2.54. The number of allylic oxidation sites excluding steroid dienone is 1. The van der Waals surface area contributed by atoms with Gasteiger partial charge < -0.3 is 0 Å².